The zero-order valence-corrected chi connectivity index (χ0v) is 22.4. The number of hydrogen-bond acceptors (Lipinski definition) is 6. The first kappa shape index (κ1) is 27.7. The van der Waals surface area contributed by atoms with E-state index in [1.165, 1.54) is 18.2 Å². The number of fused-ring (bicyclic) bond motifs is 6. The van der Waals surface area contributed by atoms with Crippen molar-refractivity contribution in [2.45, 2.75) is 63.8 Å². The lowest BCUT2D eigenvalue weighted by Gasteiger charge is -2.62. The fraction of sp³-hybridized carbons (Fsp3) is 0.516. The number of aromatic nitrogens is 1. The van der Waals surface area contributed by atoms with Crippen LogP contribution in [0.25, 0.3) is 10.9 Å². The second-order valence-electron chi connectivity index (χ2n) is 12.1. The van der Waals surface area contributed by atoms with Crippen LogP contribution in [0, 0.1) is 34.5 Å². The van der Waals surface area contributed by atoms with Gasteiger partial charge in [0.05, 0.1) is 11.6 Å². The Bertz CT molecular complexity index is 1390. The molecule has 1 aromatic carbocycles. The molecule has 0 aliphatic heterocycles. The summed E-state index contributed by atoms with van der Waals surface area (Å²) in [6.07, 6.45) is 4.44. The summed E-state index contributed by atoms with van der Waals surface area (Å²) in [5.41, 5.74) is -4.47. The quantitative estimate of drug-likeness (QED) is 0.492. The standard InChI is InChI=1S/C22H29FO5.C9H6FN/c1-12-8-16-15-5-4-13-9-14(25)6-7-19(13,2)21(15,23)17(26)10-20(16,3)22(12,28)18(27)11-24;10-9-6-5-7-3-1-2-4-8(7)11-9/h6-7,9,12,15-17,24,26,28H,4-5,8,10-11H2,1-3H3;1-6H/t12-,15+,16+,17+,19+,20+,21+,22+;/m1./s1. The highest BCUT2D eigenvalue weighted by Gasteiger charge is 2.75. The molecule has 8 heteroatoms. The highest BCUT2D eigenvalue weighted by Crippen LogP contribution is 2.70. The number of aliphatic hydroxyl groups excluding tert-OH is 2. The molecule has 1 heterocycles. The Balaban J connectivity index is 0.000000233. The zero-order chi connectivity index (χ0) is 28.4. The van der Waals surface area contributed by atoms with Gasteiger partial charge < -0.3 is 15.3 Å². The number of para-hydroxylation sites is 1. The summed E-state index contributed by atoms with van der Waals surface area (Å²) in [4.78, 5) is 28.1. The van der Waals surface area contributed by atoms with Gasteiger partial charge in [0.1, 0.15) is 12.2 Å². The molecule has 3 N–H and O–H groups in total. The van der Waals surface area contributed by atoms with Gasteiger partial charge in [-0.05, 0) is 74.8 Å². The van der Waals surface area contributed by atoms with E-state index in [-0.39, 0.29) is 18.1 Å². The summed E-state index contributed by atoms with van der Waals surface area (Å²) in [6, 6.07) is 10.5. The Labute approximate surface area is 226 Å². The monoisotopic (exact) mass is 539 g/mol. The van der Waals surface area contributed by atoms with E-state index in [1.54, 1.807) is 39.0 Å². The molecule has 0 spiro atoms. The fourth-order valence-electron chi connectivity index (χ4n) is 8.30. The van der Waals surface area contributed by atoms with E-state index in [0.29, 0.717) is 30.4 Å². The minimum absolute atomic E-state index is 0.0676. The van der Waals surface area contributed by atoms with Crippen molar-refractivity contribution in [1.82, 2.24) is 4.98 Å². The third-order valence-electron chi connectivity index (χ3n) is 10.4. The molecule has 4 aliphatic rings. The third-order valence-corrected chi connectivity index (χ3v) is 10.4. The summed E-state index contributed by atoms with van der Waals surface area (Å²) in [6.45, 7) is 4.48. The molecule has 0 radical (unpaired) electrons. The number of carbonyl (C=O) groups excluding carboxylic acids is 2. The second kappa shape index (κ2) is 9.39. The van der Waals surface area contributed by atoms with Gasteiger partial charge in [-0.2, -0.15) is 4.39 Å². The largest absolute Gasteiger partial charge is 0.390 e. The van der Waals surface area contributed by atoms with Crippen LogP contribution >= 0.6 is 0 Å². The average molecular weight is 540 g/mol. The van der Waals surface area contributed by atoms with E-state index in [4.69, 9.17) is 0 Å². The van der Waals surface area contributed by atoms with Gasteiger partial charge in [0.25, 0.3) is 0 Å². The molecule has 39 heavy (non-hydrogen) atoms. The predicted octanol–water partition coefficient (Wildman–Crippen LogP) is 4.27. The van der Waals surface area contributed by atoms with Crippen molar-refractivity contribution in [3.05, 3.63) is 66.1 Å². The Kier molecular flexibility index (Phi) is 6.68. The highest BCUT2D eigenvalue weighted by atomic mass is 19.1. The van der Waals surface area contributed by atoms with Crippen LogP contribution in [0.15, 0.2) is 60.2 Å². The van der Waals surface area contributed by atoms with E-state index in [2.05, 4.69) is 4.98 Å². The summed E-state index contributed by atoms with van der Waals surface area (Å²) in [5.74, 6) is -2.55. The van der Waals surface area contributed by atoms with Crippen molar-refractivity contribution in [3.8, 4) is 0 Å². The number of allylic oxidation sites excluding steroid dienone is 4. The topological polar surface area (TPSA) is 108 Å². The molecule has 0 saturated heterocycles. The Morgan fingerprint density at radius 2 is 1.87 bits per heavy atom. The molecule has 1 aromatic heterocycles. The van der Waals surface area contributed by atoms with Crippen LogP contribution < -0.4 is 0 Å². The summed E-state index contributed by atoms with van der Waals surface area (Å²) in [5, 5.41) is 32.9. The molecule has 3 fully saturated rings. The summed E-state index contributed by atoms with van der Waals surface area (Å²) >= 11 is 0. The van der Waals surface area contributed by atoms with Crippen molar-refractivity contribution in [1.29, 1.82) is 0 Å². The van der Waals surface area contributed by atoms with Gasteiger partial charge in [-0.25, -0.2) is 9.37 Å². The maximum absolute atomic E-state index is 16.9. The number of hydrogen-bond donors (Lipinski definition) is 3. The molecule has 3 saturated carbocycles. The lowest BCUT2D eigenvalue weighted by Crippen LogP contribution is -2.69. The van der Waals surface area contributed by atoms with Crippen molar-refractivity contribution < 1.29 is 33.7 Å². The molecular formula is C31H35F2NO5. The number of Topliss-reactive ketones (excluding diaryl/α,β-unsaturated/α-hetero) is 1. The molecule has 0 bridgehead atoms. The maximum Gasteiger partial charge on any atom is 0.213 e. The molecule has 0 unspecified atom stereocenters. The predicted molar refractivity (Wildman–Crippen MR) is 142 cm³/mol. The second-order valence-corrected chi connectivity index (χ2v) is 12.1. The van der Waals surface area contributed by atoms with Gasteiger partial charge in [-0.1, -0.05) is 43.7 Å². The van der Waals surface area contributed by atoms with Gasteiger partial charge in [-0.3, -0.25) is 9.59 Å². The minimum atomic E-state index is -1.98. The van der Waals surface area contributed by atoms with Crippen molar-refractivity contribution in [2.75, 3.05) is 6.61 Å². The first-order valence-electron chi connectivity index (χ1n) is 13.5. The number of rotatable bonds is 2. The molecule has 208 valence electrons. The van der Waals surface area contributed by atoms with Gasteiger partial charge >= 0.3 is 0 Å². The van der Waals surface area contributed by atoms with Crippen LogP contribution in [-0.2, 0) is 9.59 Å². The van der Waals surface area contributed by atoms with E-state index in [0.717, 1.165) is 5.39 Å². The normalized spacial score (nSPS) is 40.6. The smallest absolute Gasteiger partial charge is 0.213 e. The lowest BCUT2D eigenvalue weighted by molar-refractivity contribution is -0.219. The highest BCUT2D eigenvalue weighted by molar-refractivity contribution is 6.01. The lowest BCUT2D eigenvalue weighted by atomic mass is 9.44. The van der Waals surface area contributed by atoms with E-state index in [1.807, 2.05) is 18.2 Å². The Hall–Kier alpha value is -2.81. The van der Waals surface area contributed by atoms with Gasteiger partial charge in [0.2, 0.25) is 5.95 Å². The van der Waals surface area contributed by atoms with Crippen LogP contribution in [0.2, 0.25) is 0 Å². The van der Waals surface area contributed by atoms with E-state index < -0.39 is 58.4 Å². The van der Waals surface area contributed by atoms with Gasteiger partial charge in [0, 0.05) is 22.1 Å². The van der Waals surface area contributed by atoms with E-state index >= 15 is 4.39 Å². The SMILES string of the molecule is C[C@@H]1C[C@H]2[C@@H]3CCC4=CC(=O)C=C[C@]4(C)[C@@]3(F)[C@@H](O)C[C@]2(C)[C@@]1(O)C(=O)CO.Fc1ccc2ccccc2n1. The fourth-order valence-corrected chi connectivity index (χ4v) is 8.30. The summed E-state index contributed by atoms with van der Waals surface area (Å²) < 4.78 is 29.4. The number of carbonyl (C=O) groups is 2. The van der Waals surface area contributed by atoms with Crippen molar-refractivity contribution in [3.63, 3.8) is 0 Å². The van der Waals surface area contributed by atoms with Crippen LogP contribution in [-0.4, -0.2) is 55.9 Å². The van der Waals surface area contributed by atoms with Crippen LogP contribution in [0.3, 0.4) is 0 Å². The number of aliphatic hydroxyl groups is 3. The third kappa shape index (κ3) is 3.79. The first-order valence-corrected chi connectivity index (χ1v) is 13.5. The molecule has 2 aromatic rings. The van der Waals surface area contributed by atoms with Gasteiger partial charge in [-0.15, -0.1) is 0 Å². The molecule has 6 nitrogen and oxygen atoms in total. The van der Waals surface area contributed by atoms with Crippen molar-refractivity contribution >= 4 is 22.5 Å². The van der Waals surface area contributed by atoms with E-state index in [9.17, 15) is 29.3 Å². The summed E-state index contributed by atoms with van der Waals surface area (Å²) in [7, 11) is 0. The number of alkyl halides is 1. The number of ketones is 2. The maximum atomic E-state index is 16.9. The number of pyridine rings is 1. The Morgan fingerprint density at radius 3 is 2.59 bits per heavy atom. The molecular weight excluding hydrogens is 504 g/mol. The molecule has 6 rings (SSSR count). The van der Waals surface area contributed by atoms with Crippen molar-refractivity contribution in [2.24, 2.45) is 28.6 Å². The average Bonchev–Trinajstić information content (AvgIpc) is 3.11. The number of halogens is 2. The van der Waals surface area contributed by atoms with Crippen LogP contribution in [0.5, 0.6) is 0 Å². The molecule has 8 atom stereocenters. The molecule has 4 aliphatic carbocycles. The molecule has 0 amide bonds. The minimum Gasteiger partial charge on any atom is -0.390 e. The number of benzene rings is 1. The first-order chi connectivity index (χ1) is 18.3. The van der Waals surface area contributed by atoms with Crippen LogP contribution in [0.1, 0.15) is 46.5 Å². The van der Waals surface area contributed by atoms with Crippen LogP contribution in [0.4, 0.5) is 8.78 Å². The number of nitrogens with zero attached hydrogens (tertiary/aromatic N) is 1. The Morgan fingerprint density at radius 1 is 1.15 bits per heavy atom. The zero-order valence-electron chi connectivity index (χ0n) is 22.4. The van der Waals surface area contributed by atoms with Gasteiger partial charge in [0.15, 0.2) is 17.2 Å².